The highest BCUT2D eigenvalue weighted by Crippen LogP contribution is 2.19. The minimum Gasteiger partial charge on any atom is -0.392 e. The van der Waals surface area contributed by atoms with Crippen LogP contribution in [0.25, 0.3) is 0 Å². The van der Waals surface area contributed by atoms with E-state index in [1.165, 1.54) is 6.42 Å². The SMILES string of the molecule is CN1CCOC(CN2CCCC2C(N)=S)C1. The Bertz CT molecular complexity index is 262. The maximum atomic E-state index is 5.77. The van der Waals surface area contributed by atoms with Crippen molar-refractivity contribution in [1.82, 2.24) is 9.80 Å². The Morgan fingerprint density at radius 3 is 3.00 bits per heavy atom. The van der Waals surface area contributed by atoms with Crippen molar-refractivity contribution in [1.29, 1.82) is 0 Å². The lowest BCUT2D eigenvalue weighted by molar-refractivity contribution is -0.0346. The zero-order valence-corrected chi connectivity index (χ0v) is 10.7. The molecule has 5 heteroatoms. The van der Waals surface area contributed by atoms with Crippen molar-refractivity contribution in [2.24, 2.45) is 5.73 Å². The maximum absolute atomic E-state index is 5.77. The van der Waals surface area contributed by atoms with Crippen LogP contribution >= 0.6 is 12.2 Å². The Labute approximate surface area is 103 Å². The van der Waals surface area contributed by atoms with Crippen molar-refractivity contribution >= 4 is 17.2 Å². The molecule has 92 valence electrons. The maximum Gasteiger partial charge on any atom is 0.0902 e. The molecule has 2 atom stereocenters. The first-order chi connectivity index (χ1) is 7.66. The average Bonchev–Trinajstić information content (AvgIpc) is 2.66. The molecule has 2 heterocycles. The molecule has 0 saturated carbocycles. The van der Waals surface area contributed by atoms with E-state index in [1.54, 1.807) is 0 Å². The predicted molar refractivity (Wildman–Crippen MR) is 68.6 cm³/mol. The molecule has 0 amide bonds. The quantitative estimate of drug-likeness (QED) is 0.710. The summed E-state index contributed by atoms with van der Waals surface area (Å²) in [6.45, 7) is 4.96. The van der Waals surface area contributed by atoms with Gasteiger partial charge in [-0.25, -0.2) is 0 Å². The third-order valence-electron chi connectivity index (χ3n) is 3.47. The molecule has 0 aromatic heterocycles. The highest BCUT2D eigenvalue weighted by atomic mass is 32.1. The molecule has 4 nitrogen and oxygen atoms in total. The molecule has 2 unspecified atom stereocenters. The second-order valence-electron chi connectivity index (χ2n) is 4.81. The van der Waals surface area contributed by atoms with Gasteiger partial charge in [0.25, 0.3) is 0 Å². The molecule has 0 aliphatic carbocycles. The van der Waals surface area contributed by atoms with Gasteiger partial charge in [-0.15, -0.1) is 0 Å². The van der Waals surface area contributed by atoms with Gasteiger partial charge >= 0.3 is 0 Å². The number of rotatable bonds is 3. The Balaban J connectivity index is 1.86. The van der Waals surface area contributed by atoms with Crippen LogP contribution in [-0.2, 0) is 4.74 Å². The molecule has 2 N–H and O–H groups in total. The van der Waals surface area contributed by atoms with E-state index in [0.29, 0.717) is 17.1 Å². The first kappa shape index (κ1) is 12.2. The highest BCUT2D eigenvalue weighted by molar-refractivity contribution is 7.80. The standard InChI is InChI=1S/C11H21N3OS/c1-13-5-6-15-9(7-13)8-14-4-2-3-10(14)11(12)16/h9-10H,2-8H2,1H3,(H2,12,16). The fraction of sp³-hybridized carbons (Fsp3) is 0.909. The molecule has 2 fully saturated rings. The van der Waals surface area contributed by atoms with Gasteiger partial charge in [-0.1, -0.05) is 12.2 Å². The Kier molecular flexibility index (Phi) is 4.13. The van der Waals surface area contributed by atoms with E-state index in [4.69, 9.17) is 22.7 Å². The van der Waals surface area contributed by atoms with E-state index < -0.39 is 0 Å². The van der Waals surface area contributed by atoms with Gasteiger partial charge in [-0.3, -0.25) is 4.90 Å². The number of likely N-dealkylation sites (N-methyl/N-ethyl adjacent to an activating group) is 1. The summed E-state index contributed by atoms with van der Waals surface area (Å²) in [4.78, 5) is 5.34. The van der Waals surface area contributed by atoms with Crippen molar-refractivity contribution in [3.8, 4) is 0 Å². The summed E-state index contributed by atoms with van der Waals surface area (Å²) < 4.78 is 5.77. The van der Waals surface area contributed by atoms with Gasteiger partial charge in [-0.2, -0.15) is 0 Å². The highest BCUT2D eigenvalue weighted by Gasteiger charge is 2.30. The lowest BCUT2D eigenvalue weighted by atomic mass is 10.2. The predicted octanol–water partition coefficient (Wildman–Crippen LogP) is 0.0675. The number of hydrogen-bond donors (Lipinski definition) is 1. The lowest BCUT2D eigenvalue weighted by Crippen LogP contribution is -2.49. The van der Waals surface area contributed by atoms with Crippen LogP contribution in [-0.4, -0.2) is 66.8 Å². The summed E-state index contributed by atoms with van der Waals surface area (Å²) in [6.07, 6.45) is 2.62. The van der Waals surface area contributed by atoms with Crippen molar-refractivity contribution in [3.63, 3.8) is 0 Å². The number of hydrogen-bond acceptors (Lipinski definition) is 4. The third kappa shape index (κ3) is 2.91. The molecule has 0 bridgehead atoms. The van der Waals surface area contributed by atoms with Crippen LogP contribution in [0.4, 0.5) is 0 Å². The minimum atomic E-state index is 0.297. The van der Waals surface area contributed by atoms with E-state index in [9.17, 15) is 0 Å². The van der Waals surface area contributed by atoms with Crippen LogP contribution in [0.5, 0.6) is 0 Å². The normalized spacial score (nSPS) is 33.1. The number of nitrogens with zero attached hydrogens (tertiary/aromatic N) is 2. The Morgan fingerprint density at radius 1 is 1.50 bits per heavy atom. The second-order valence-corrected chi connectivity index (χ2v) is 5.28. The van der Waals surface area contributed by atoms with Crippen LogP contribution in [0, 0.1) is 0 Å². The van der Waals surface area contributed by atoms with E-state index >= 15 is 0 Å². The van der Waals surface area contributed by atoms with Crippen molar-refractivity contribution in [2.75, 3.05) is 39.8 Å². The van der Waals surface area contributed by atoms with Gasteiger partial charge in [0.05, 0.1) is 23.7 Å². The minimum absolute atomic E-state index is 0.297. The third-order valence-corrected chi connectivity index (χ3v) is 3.74. The molecule has 2 saturated heterocycles. The van der Waals surface area contributed by atoms with Gasteiger partial charge < -0.3 is 15.4 Å². The first-order valence-electron chi connectivity index (χ1n) is 6.00. The molecule has 2 rings (SSSR count). The Morgan fingerprint density at radius 2 is 2.31 bits per heavy atom. The van der Waals surface area contributed by atoms with Crippen LogP contribution in [0.15, 0.2) is 0 Å². The smallest absolute Gasteiger partial charge is 0.0902 e. The molecule has 0 aromatic rings. The zero-order valence-electron chi connectivity index (χ0n) is 9.89. The first-order valence-corrected chi connectivity index (χ1v) is 6.41. The lowest BCUT2D eigenvalue weighted by Gasteiger charge is -2.34. The molecule has 2 aliphatic rings. The molecular formula is C11H21N3OS. The summed E-state index contributed by atoms with van der Waals surface area (Å²) in [7, 11) is 2.14. The number of morpholine rings is 1. The largest absolute Gasteiger partial charge is 0.392 e. The van der Waals surface area contributed by atoms with E-state index in [0.717, 1.165) is 39.2 Å². The van der Waals surface area contributed by atoms with Crippen LogP contribution < -0.4 is 5.73 Å². The van der Waals surface area contributed by atoms with Crippen molar-refractivity contribution in [3.05, 3.63) is 0 Å². The molecule has 2 aliphatic heterocycles. The van der Waals surface area contributed by atoms with Crippen molar-refractivity contribution < 1.29 is 4.74 Å². The molecule has 16 heavy (non-hydrogen) atoms. The molecule has 0 spiro atoms. The van der Waals surface area contributed by atoms with Gasteiger partial charge in [0.15, 0.2) is 0 Å². The summed E-state index contributed by atoms with van der Waals surface area (Å²) in [5.74, 6) is 0. The van der Waals surface area contributed by atoms with Crippen molar-refractivity contribution in [2.45, 2.75) is 25.0 Å². The second kappa shape index (κ2) is 5.40. The topological polar surface area (TPSA) is 41.7 Å². The number of thiocarbonyl (C=S) groups is 1. The summed E-state index contributed by atoms with van der Waals surface area (Å²) in [5, 5.41) is 0. The summed E-state index contributed by atoms with van der Waals surface area (Å²) >= 11 is 5.11. The molecular weight excluding hydrogens is 222 g/mol. The monoisotopic (exact) mass is 243 g/mol. The fourth-order valence-corrected chi connectivity index (χ4v) is 2.87. The van der Waals surface area contributed by atoms with Crippen LogP contribution in [0.2, 0.25) is 0 Å². The number of likely N-dealkylation sites (tertiary alicyclic amines) is 1. The van der Waals surface area contributed by atoms with Crippen LogP contribution in [0.3, 0.4) is 0 Å². The van der Waals surface area contributed by atoms with E-state index in [1.807, 2.05) is 0 Å². The van der Waals surface area contributed by atoms with E-state index in [2.05, 4.69) is 16.8 Å². The summed E-state index contributed by atoms with van der Waals surface area (Å²) in [5.41, 5.74) is 5.76. The molecule has 0 radical (unpaired) electrons. The number of ether oxygens (including phenoxy) is 1. The Hall–Kier alpha value is -0.230. The van der Waals surface area contributed by atoms with Gasteiger partial charge in [0.1, 0.15) is 0 Å². The average molecular weight is 243 g/mol. The van der Waals surface area contributed by atoms with Gasteiger partial charge in [0.2, 0.25) is 0 Å². The van der Waals surface area contributed by atoms with Gasteiger partial charge in [-0.05, 0) is 26.4 Å². The fourth-order valence-electron chi connectivity index (χ4n) is 2.61. The van der Waals surface area contributed by atoms with E-state index in [-0.39, 0.29) is 0 Å². The summed E-state index contributed by atoms with van der Waals surface area (Å²) in [6, 6.07) is 0.297. The van der Waals surface area contributed by atoms with Gasteiger partial charge in [0, 0.05) is 19.6 Å². The van der Waals surface area contributed by atoms with Crippen LogP contribution in [0.1, 0.15) is 12.8 Å². The zero-order chi connectivity index (χ0) is 11.5. The molecule has 0 aromatic carbocycles. The number of nitrogens with two attached hydrogens (primary N) is 1.